The number of alkyl halides is 3. The summed E-state index contributed by atoms with van der Waals surface area (Å²) in [5.74, 6) is -0.812. The molecule has 19 heavy (non-hydrogen) atoms. The third kappa shape index (κ3) is 4.72. The van der Waals surface area contributed by atoms with Gasteiger partial charge in [0.1, 0.15) is 6.54 Å². The van der Waals surface area contributed by atoms with Gasteiger partial charge in [0.05, 0.1) is 6.61 Å². The molecule has 0 aliphatic carbocycles. The van der Waals surface area contributed by atoms with E-state index in [-0.39, 0.29) is 12.1 Å². The highest BCUT2D eigenvalue weighted by Crippen LogP contribution is 2.21. The number of aryl methyl sites for hydroxylation is 1. The van der Waals surface area contributed by atoms with Gasteiger partial charge in [0.25, 0.3) is 5.91 Å². The predicted molar refractivity (Wildman–Crippen MR) is 65.2 cm³/mol. The summed E-state index contributed by atoms with van der Waals surface area (Å²) in [6.45, 7) is -0.610. The van der Waals surface area contributed by atoms with Crippen LogP contribution in [0.15, 0.2) is 18.2 Å². The van der Waals surface area contributed by atoms with Gasteiger partial charge in [-0.15, -0.1) is 0 Å². The highest BCUT2D eigenvalue weighted by atomic mass is 35.5. The molecule has 1 aromatic carbocycles. The predicted octanol–water partition coefficient (Wildman–Crippen LogP) is 2.65. The fraction of sp³-hybridized carbons (Fsp3) is 0.417. The van der Waals surface area contributed by atoms with E-state index in [9.17, 15) is 18.0 Å². The zero-order valence-electron chi connectivity index (χ0n) is 10.2. The van der Waals surface area contributed by atoms with Crippen molar-refractivity contribution >= 4 is 17.5 Å². The van der Waals surface area contributed by atoms with Gasteiger partial charge in [-0.25, -0.2) is 0 Å². The zero-order valence-corrected chi connectivity index (χ0v) is 10.9. The van der Waals surface area contributed by atoms with Crippen LogP contribution < -0.4 is 0 Å². The number of hydrogen-bond donors (Lipinski definition) is 1. The van der Waals surface area contributed by atoms with Crippen LogP contribution in [0.25, 0.3) is 0 Å². The quantitative estimate of drug-likeness (QED) is 0.928. The van der Waals surface area contributed by atoms with Gasteiger partial charge in [0, 0.05) is 17.1 Å². The van der Waals surface area contributed by atoms with Crippen molar-refractivity contribution < 1.29 is 23.1 Å². The van der Waals surface area contributed by atoms with E-state index in [1.165, 1.54) is 12.1 Å². The lowest BCUT2D eigenvalue weighted by Crippen LogP contribution is -2.40. The summed E-state index contributed by atoms with van der Waals surface area (Å²) in [6.07, 6.45) is -4.51. The lowest BCUT2D eigenvalue weighted by Gasteiger charge is -2.23. The minimum absolute atomic E-state index is 0.0632. The Morgan fingerprint density at radius 3 is 2.53 bits per heavy atom. The number of hydrogen-bond acceptors (Lipinski definition) is 2. The van der Waals surface area contributed by atoms with E-state index in [0.29, 0.717) is 9.92 Å². The van der Waals surface area contributed by atoms with Crippen molar-refractivity contribution in [1.82, 2.24) is 4.90 Å². The smallest absolute Gasteiger partial charge is 0.395 e. The number of aliphatic hydroxyl groups is 1. The number of rotatable bonds is 4. The number of halogens is 4. The van der Waals surface area contributed by atoms with Crippen LogP contribution in [0.2, 0.25) is 5.02 Å². The molecule has 1 N–H and O–H groups in total. The number of carbonyl (C=O) groups excluding carboxylic acids is 1. The van der Waals surface area contributed by atoms with Crippen LogP contribution in [0.1, 0.15) is 15.9 Å². The van der Waals surface area contributed by atoms with Crippen LogP contribution in [0.3, 0.4) is 0 Å². The van der Waals surface area contributed by atoms with Crippen molar-refractivity contribution in [2.24, 2.45) is 0 Å². The van der Waals surface area contributed by atoms with Gasteiger partial charge < -0.3 is 10.0 Å². The topological polar surface area (TPSA) is 40.5 Å². The average Bonchev–Trinajstić information content (AvgIpc) is 2.29. The molecule has 0 aliphatic heterocycles. The third-order valence-electron chi connectivity index (χ3n) is 2.45. The summed E-state index contributed by atoms with van der Waals surface area (Å²) >= 11 is 5.83. The lowest BCUT2D eigenvalue weighted by molar-refractivity contribution is -0.141. The average molecular weight is 296 g/mol. The SMILES string of the molecule is Cc1ccc(C(=O)N(CCO)CC(F)(F)F)cc1Cl. The molecule has 0 saturated carbocycles. The Kier molecular flexibility index (Phi) is 5.20. The molecule has 3 nitrogen and oxygen atoms in total. The summed E-state index contributed by atoms with van der Waals surface area (Å²) < 4.78 is 37.0. The minimum Gasteiger partial charge on any atom is -0.395 e. The molecule has 106 valence electrons. The molecule has 0 spiro atoms. The van der Waals surface area contributed by atoms with E-state index in [0.717, 1.165) is 5.56 Å². The molecule has 1 rings (SSSR count). The number of benzene rings is 1. The summed E-state index contributed by atoms with van der Waals surface area (Å²) in [4.78, 5) is 12.5. The van der Waals surface area contributed by atoms with E-state index in [1.807, 2.05) is 0 Å². The van der Waals surface area contributed by atoms with Crippen molar-refractivity contribution in [2.75, 3.05) is 19.7 Å². The van der Waals surface area contributed by atoms with Crippen molar-refractivity contribution in [3.8, 4) is 0 Å². The molecule has 1 amide bonds. The Labute approximate surface area is 113 Å². The summed E-state index contributed by atoms with van der Waals surface area (Å²) in [6, 6.07) is 4.28. The molecule has 0 fully saturated rings. The number of aliphatic hydroxyl groups excluding tert-OH is 1. The molecule has 0 radical (unpaired) electrons. The fourth-order valence-electron chi connectivity index (χ4n) is 1.50. The van der Waals surface area contributed by atoms with E-state index >= 15 is 0 Å². The van der Waals surface area contributed by atoms with Crippen LogP contribution in [0, 0.1) is 6.92 Å². The Morgan fingerprint density at radius 1 is 1.42 bits per heavy atom. The second-order valence-electron chi connectivity index (χ2n) is 4.03. The van der Waals surface area contributed by atoms with Crippen molar-refractivity contribution in [1.29, 1.82) is 0 Å². The molecule has 0 saturated heterocycles. The maximum Gasteiger partial charge on any atom is 0.406 e. The van der Waals surface area contributed by atoms with Gasteiger partial charge in [-0.2, -0.15) is 13.2 Å². The number of carbonyl (C=O) groups is 1. The molecule has 0 atom stereocenters. The first kappa shape index (κ1) is 15.8. The Bertz CT molecular complexity index is 463. The van der Waals surface area contributed by atoms with Crippen LogP contribution in [-0.4, -0.2) is 41.8 Å². The maximum absolute atomic E-state index is 12.3. The van der Waals surface area contributed by atoms with Gasteiger partial charge in [-0.3, -0.25) is 4.79 Å². The largest absolute Gasteiger partial charge is 0.406 e. The van der Waals surface area contributed by atoms with Gasteiger partial charge in [-0.1, -0.05) is 17.7 Å². The first-order valence-corrected chi connectivity index (χ1v) is 5.85. The van der Waals surface area contributed by atoms with Crippen molar-refractivity contribution in [2.45, 2.75) is 13.1 Å². The second kappa shape index (κ2) is 6.25. The van der Waals surface area contributed by atoms with E-state index < -0.39 is 25.2 Å². The second-order valence-corrected chi connectivity index (χ2v) is 4.44. The molecular formula is C12H13ClF3NO2. The molecule has 0 aromatic heterocycles. The normalized spacial score (nSPS) is 11.5. The maximum atomic E-state index is 12.3. The van der Waals surface area contributed by atoms with Gasteiger partial charge in [-0.05, 0) is 24.6 Å². The first-order valence-electron chi connectivity index (χ1n) is 5.47. The van der Waals surface area contributed by atoms with Crippen molar-refractivity contribution in [3.05, 3.63) is 34.3 Å². The standard InChI is InChI=1S/C12H13ClF3NO2/c1-8-2-3-9(6-10(8)13)11(19)17(4-5-18)7-12(14,15)16/h2-3,6,18H,4-5,7H2,1H3. The van der Waals surface area contributed by atoms with Crippen LogP contribution >= 0.6 is 11.6 Å². The first-order chi connectivity index (χ1) is 8.74. The van der Waals surface area contributed by atoms with E-state index in [2.05, 4.69) is 0 Å². The van der Waals surface area contributed by atoms with Crippen molar-refractivity contribution in [3.63, 3.8) is 0 Å². The Hall–Kier alpha value is -1.27. The van der Waals surface area contributed by atoms with Gasteiger partial charge in [0.15, 0.2) is 0 Å². The molecule has 0 unspecified atom stereocenters. The highest BCUT2D eigenvalue weighted by Gasteiger charge is 2.33. The monoisotopic (exact) mass is 295 g/mol. The van der Waals surface area contributed by atoms with Gasteiger partial charge in [0.2, 0.25) is 0 Å². The molecule has 0 aliphatic rings. The molecular weight excluding hydrogens is 283 g/mol. The molecule has 0 heterocycles. The summed E-state index contributed by atoms with van der Waals surface area (Å²) in [5.41, 5.74) is 0.788. The molecule has 0 bridgehead atoms. The van der Waals surface area contributed by atoms with Crippen LogP contribution in [0.5, 0.6) is 0 Å². The molecule has 1 aromatic rings. The lowest BCUT2D eigenvalue weighted by atomic mass is 10.1. The number of amides is 1. The van der Waals surface area contributed by atoms with E-state index in [4.69, 9.17) is 16.7 Å². The fourth-order valence-corrected chi connectivity index (χ4v) is 1.68. The Morgan fingerprint density at radius 2 is 2.05 bits per heavy atom. The van der Waals surface area contributed by atoms with Crippen LogP contribution in [-0.2, 0) is 0 Å². The highest BCUT2D eigenvalue weighted by molar-refractivity contribution is 6.31. The van der Waals surface area contributed by atoms with Crippen LogP contribution in [0.4, 0.5) is 13.2 Å². The third-order valence-corrected chi connectivity index (χ3v) is 2.85. The molecule has 7 heteroatoms. The summed E-state index contributed by atoms with van der Waals surface area (Å²) in [7, 11) is 0. The zero-order chi connectivity index (χ0) is 14.6. The number of nitrogens with zero attached hydrogens (tertiary/aromatic N) is 1. The Balaban J connectivity index is 2.95. The van der Waals surface area contributed by atoms with Gasteiger partial charge >= 0.3 is 6.18 Å². The van der Waals surface area contributed by atoms with E-state index in [1.54, 1.807) is 13.0 Å². The minimum atomic E-state index is -4.51. The summed E-state index contributed by atoms with van der Waals surface area (Å²) in [5, 5.41) is 9.05.